The number of carbonyl (C=O) groups is 1. The molecule has 0 atom stereocenters. The van der Waals surface area contributed by atoms with Crippen LogP contribution in [0.15, 0.2) is 39.7 Å². The fourth-order valence-electron chi connectivity index (χ4n) is 2.09. The first-order valence-corrected chi connectivity index (χ1v) is 5.63. The Kier molecular flexibility index (Phi) is 2.35. The van der Waals surface area contributed by atoms with Crippen LogP contribution >= 0.6 is 0 Å². The predicted molar refractivity (Wildman–Crippen MR) is 69.5 cm³/mol. The van der Waals surface area contributed by atoms with Crippen molar-refractivity contribution in [3.8, 4) is 0 Å². The molecule has 0 radical (unpaired) electrons. The zero-order valence-corrected chi connectivity index (χ0v) is 10.0. The molecule has 3 aromatic rings. The molecular weight excluding hydrogens is 246 g/mol. The molecule has 94 valence electrons. The molecule has 0 aliphatic rings. The molecule has 1 aromatic carbocycles. The van der Waals surface area contributed by atoms with Crippen molar-refractivity contribution in [2.24, 2.45) is 0 Å². The summed E-state index contributed by atoms with van der Waals surface area (Å²) in [4.78, 5) is 27.4. The molecule has 0 bridgehead atoms. The molecule has 3 rings (SSSR count). The maximum absolute atomic E-state index is 12.3. The third-order valence-electron chi connectivity index (χ3n) is 2.98. The van der Waals surface area contributed by atoms with E-state index in [0.29, 0.717) is 16.5 Å². The summed E-state index contributed by atoms with van der Waals surface area (Å²) in [5, 5.41) is 9.63. The van der Waals surface area contributed by atoms with Gasteiger partial charge in [0, 0.05) is 6.20 Å². The van der Waals surface area contributed by atoms with Gasteiger partial charge in [-0.1, -0.05) is 0 Å². The summed E-state index contributed by atoms with van der Waals surface area (Å²) in [6, 6.07) is 6.06. The Bertz CT molecular complexity index is 880. The van der Waals surface area contributed by atoms with Crippen molar-refractivity contribution in [3.05, 3.63) is 51.8 Å². The molecule has 19 heavy (non-hydrogen) atoms. The number of pyridine rings is 1. The summed E-state index contributed by atoms with van der Waals surface area (Å²) in [6.07, 6.45) is 1.54. The van der Waals surface area contributed by atoms with Crippen molar-refractivity contribution in [2.75, 3.05) is 0 Å². The number of carboxylic acids is 1. The van der Waals surface area contributed by atoms with Crippen molar-refractivity contribution in [2.45, 2.75) is 6.92 Å². The van der Waals surface area contributed by atoms with Gasteiger partial charge >= 0.3 is 5.97 Å². The Balaban J connectivity index is 2.55. The van der Waals surface area contributed by atoms with Gasteiger partial charge < -0.3 is 9.52 Å². The van der Waals surface area contributed by atoms with Crippen molar-refractivity contribution >= 4 is 28.0 Å². The Morgan fingerprint density at radius 1 is 1.32 bits per heavy atom. The summed E-state index contributed by atoms with van der Waals surface area (Å²) in [5.41, 5.74) is 1.03. The summed E-state index contributed by atoms with van der Waals surface area (Å²) in [5.74, 6) is -1.07. The van der Waals surface area contributed by atoms with E-state index in [0.717, 1.165) is 0 Å². The highest BCUT2D eigenvalue weighted by Crippen LogP contribution is 2.21. The minimum Gasteiger partial charge on any atom is -0.478 e. The third kappa shape index (κ3) is 1.67. The molecule has 5 nitrogen and oxygen atoms in total. The van der Waals surface area contributed by atoms with Gasteiger partial charge in [0.25, 0.3) is 0 Å². The Labute approximate surface area is 107 Å². The van der Waals surface area contributed by atoms with Gasteiger partial charge in [-0.05, 0) is 36.8 Å². The van der Waals surface area contributed by atoms with E-state index in [-0.39, 0.29) is 22.1 Å². The van der Waals surface area contributed by atoms with E-state index in [9.17, 15) is 9.59 Å². The first-order chi connectivity index (χ1) is 9.08. The topological polar surface area (TPSA) is 80.4 Å². The van der Waals surface area contributed by atoms with Gasteiger partial charge in [0.2, 0.25) is 11.1 Å². The summed E-state index contributed by atoms with van der Waals surface area (Å²) >= 11 is 0. The Morgan fingerprint density at radius 3 is 2.84 bits per heavy atom. The molecule has 0 saturated carbocycles. The van der Waals surface area contributed by atoms with Crippen molar-refractivity contribution in [1.82, 2.24) is 4.98 Å². The highest BCUT2D eigenvalue weighted by Gasteiger charge is 2.13. The van der Waals surface area contributed by atoms with Gasteiger partial charge in [-0.15, -0.1) is 0 Å². The molecule has 0 spiro atoms. The molecule has 0 amide bonds. The minimum absolute atomic E-state index is 0.0699. The molecule has 5 heteroatoms. The van der Waals surface area contributed by atoms with Gasteiger partial charge in [0.05, 0.1) is 16.3 Å². The van der Waals surface area contributed by atoms with Crippen LogP contribution in [0.4, 0.5) is 0 Å². The van der Waals surface area contributed by atoms with Crippen LogP contribution < -0.4 is 5.43 Å². The van der Waals surface area contributed by atoms with Crippen LogP contribution in [0.3, 0.4) is 0 Å². The second-order valence-electron chi connectivity index (χ2n) is 4.26. The lowest BCUT2D eigenvalue weighted by Gasteiger charge is -2.04. The lowest BCUT2D eigenvalue weighted by atomic mass is 10.1. The fraction of sp³-hybridized carbons (Fsp3) is 0.0714. The molecule has 2 aromatic heterocycles. The predicted octanol–water partition coefficient (Wildman–Crippen LogP) is 2.35. The maximum atomic E-state index is 12.3. The number of hydrogen-bond acceptors (Lipinski definition) is 4. The van der Waals surface area contributed by atoms with E-state index < -0.39 is 5.97 Å². The minimum atomic E-state index is -1.07. The molecule has 0 unspecified atom stereocenters. The average molecular weight is 255 g/mol. The first kappa shape index (κ1) is 11.4. The standard InChI is InChI=1S/C14H9NO4/c1-7-5-8(14(17)18)6-10-11(16)9-3-2-4-15-13(9)19-12(7)10/h2-6H,1H3,(H,17,18). The van der Waals surface area contributed by atoms with E-state index in [1.165, 1.54) is 18.3 Å². The van der Waals surface area contributed by atoms with Crippen LogP contribution in [0.1, 0.15) is 15.9 Å². The van der Waals surface area contributed by atoms with E-state index >= 15 is 0 Å². The molecule has 0 saturated heterocycles. The lowest BCUT2D eigenvalue weighted by Crippen LogP contribution is -2.06. The van der Waals surface area contributed by atoms with Crippen LogP contribution in [0, 0.1) is 6.92 Å². The Morgan fingerprint density at radius 2 is 2.11 bits per heavy atom. The van der Waals surface area contributed by atoms with Crippen molar-refractivity contribution < 1.29 is 14.3 Å². The van der Waals surface area contributed by atoms with Crippen LogP contribution in [-0.4, -0.2) is 16.1 Å². The highest BCUT2D eigenvalue weighted by atomic mass is 16.4. The second-order valence-corrected chi connectivity index (χ2v) is 4.26. The summed E-state index contributed by atoms with van der Waals surface area (Å²) in [7, 11) is 0. The molecule has 2 heterocycles. The van der Waals surface area contributed by atoms with Crippen LogP contribution in [0.25, 0.3) is 22.1 Å². The van der Waals surface area contributed by atoms with Crippen LogP contribution in [-0.2, 0) is 0 Å². The van der Waals surface area contributed by atoms with Gasteiger partial charge in [0.15, 0.2) is 0 Å². The van der Waals surface area contributed by atoms with Gasteiger partial charge in [0.1, 0.15) is 5.58 Å². The number of hydrogen-bond donors (Lipinski definition) is 1. The van der Waals surface area contributed by atoms with Gasteiger partial charge in [-0.25, -0.2) is 9.78 Å². The van der Waals surface area contributed by atoms with Crippen molar-refractivity contribution in [1.29, 1.82) is 0 Å². The lowest BCUT2D eigenvalue weighted by molar-refractivity contribution is 0.0697. The number of aryl methyl sites for hydroxylation is 1. The number of rotatable bonds is 1. The first-order valence-electron chi connectivity index (χ1n) is 5.63. The third-order valence-corrected chi connectivity index (χ3v) is 2.98. The number of aromatic nitrogens is 1. The number of fused-ring (bicyclic) bond motifs is 2. The molecule has 1 N–H and O–H groups in total. The van der Waals surface area contributed by atoms with Crippen molar-refractivity contribution in [3.63, 3.8) is 0 Å². The highest BCUT2D eigenvalue weighted by molar-refractivity contribution is 5.96. The van der Waals surface area contributed by atoms with Gasteiger partial charge in [-0.3, -0.25) is 4.79 Å². The normalized spacial score (nSPS) is 11.0. The average Bonchev–Trinajstić information content (AvgIpc) is 2.40. The number of aromatic carboxylic acids is 1. The van der Waals surface area contributed by atoms with E-state index in [1.54, 1.807) is 19.1 Å². The van der Waals surface area contributed by atoms with E-state index in [2.05, 4.69) is 4.98 Å². The van der Waals surface area contributed by atoms with Gasteiger partial charge in [-0.2, -0.15) is 0 Å². The number of carboxylic acid groups (broad SMARTS) is 1. The summed E-state index contributed by atoms with van der Waals surface area (Å²) in [6.45, 7) is 1.70. The maximum Gasteiger partial charge on any atom is 0.335 e. The molecule has 0 fully saturated rings. The van der Waals surface area contributed by atoms with Crippen LogP contribution in [0.2, 0.25) is 0 Å². The zero-order chi connectivity index (χ0) is 13.6. The number of nitrogens with zero attached hydrogens (tertiary/aromatic N) is 1. The SMILES string of the molecule is Cc1cc(C(=O)O)cc2c(=O)c3cccnc3oc12. The van der Waals surface area contributed by atoms with Crippen LogP contribution in [0.5, 0.6) is 0 Å². The molecule has 0 aliphatic carbocycles. The fourth-order valence-corrected chi connectivity index (χ4v) is 2.09. The Hall–Kier alpha value is -2.69. The quantitative estimate of drug-likeness (QED) is 0.675. The van der Waals surface area contributed by atoms with E-state index in [4.69, 9.17) is 9.52 Å². The summed E-state index contributed by atoms with van der Waals surface area (Å²) < 4.78 is 5.59. The monoisotopic (exact) mass is 255 g/mol. The number of benzene rings is 1. The largest absolute Gasteiger partial charge is 0.478 e. The second kappa shape index (κ2) is 3.91. The van der Waals surface area contributed by atoms with E-state index in [1.807, 2.05) is 0 Å². The molecular formula is C14H9NO4. The smallest absolute Gasteiger partial charge is 0.335 e. The zero-order valence-electron chi connectivity index (χ0n) is 10.0. The molecule has 0 aliphatic heterocycles.